The molecule has 0 spiro atoms. The van der Waals surface area contributed by atoms with Crippen LogP contribution in [0.5, 0.6) is 0 Å². The van der Waals surface area contributed by atoms with Gasteiger partial charge in [0.1, 0.15) is 6.26 Å². The average Bonchev–Trinajstić information content (AvgIpc) is 3.24. The highest BCUT2D eigenvalue weighted by atomic mass is 127. The van der Waals surface area contributed by atoms with E-state index in [2.05, 4.69) is 27.2 Å². The Morgan fingerprint density at radius 1 is 1.17 bits per heavy atom. The predicted molar refractivity (Wildman–Crippen MR) is 128 cm³/mol. The van der Waals surface area contributed by atoms with E-state index in [0.29, 0.717) is 12.1 Å². The van der Waals surface area contributed by atoms with Crippen LogP contribution < -0.4 is 5.32 Å². The van der Waals surface area contributed by atoms with Gasteiger partial charge in [-0.3, -0.25) is 9.69 Å². The van der Waals surface area contributed by atoms with E-state index in [4.69, 9.17) is 9.52 Å². The zero-order valence-corrected chi connectivity index (χ0v) is 20.2. The molecule has 0 radical (unpaired) electrons. The first-order valence-corrected chi connectivity index (χ1v) is 10.0. The van der Waals surface area contributed by atoms with Crippen LogP contribution in [0.1, 0.15) is 28.5 Å². The number of carbonyl (C=O) groups is 1. The Kier molecular flexibility index (Phi) is 9.57. The summed E-state index contributed by atoms with van der Waals surface area (Å²) in [5.41, 5.74) is 2.74. The number of hydrogen-bond donors (Lipinski definition) is 1. The van der Waals surface area contributed by atoms with E-state index < -0.39 is 0 Å². The smallest absolute Gasteiger partial charge is 0.253 e. The molecule has 1 N–H and O–H groups in total. The quantitative estimate of drug-likeness (QED) is 0.354. The molecule has 1 amide bonds. The summed E-state index contributed by atoms with van der Waals surface area (Å²) in [6, 6.07) is 9.58. The lowest BCUT2D eigenvalue weighted by molar-refractivity contribution is 0.0827. The van der Waals surface area contributed by atoms with Crippen molar-refractivity contribution in [3.63, 3.8) is 0 Å². The Hall–Kier alpha value is -2.14. The van der Waals surface area contributed by atoms with Gasteiger partial charge in [-0.15, -0.1) is 24.0 Å². The van der Waals surface area contributed by atoms with Crippen LogP contribution >= 0.6 is 24.0 Å². The monoisotopic (exact) mass is 526 g/mol. The van der Waals surface area contributed by atoms with Gasteiger partial charge in [0.25, 0.3) is 5.91 Å². The van der Waals surface area contributed by atoms with Crippen LogP contribution in [-0.4, -0.2) is 78.5 Å². The topological polar surface area (TPSA) is 77.2 Å². The second-order valence-electron chi connectivity index (χ2n) is 7.32. The molecular formula is C21H31IN6O2. The molecule has 9 heteroatoms. The van der Waals surface area contributed by atoms with Crippen molar-refractivity contribution in [1.29, 1.82) is 0 Å². The lowest BCUT2D eigenvalue weighted by Crippen LogP contribution is -2.52. The fourth-order valence-electron chi connectivity index (χ4n) is 3.27. The van der Waals surface area contributed by atoms with Crippen LogP contribution in [0.4, 0.5) is 0 Å². The van der Waals surface area contributed by atoms with Crippen LogP contribution in [0.15, 0.2) is 46.1 Å². The number of benzene rings is 1. The Balaban J connectivity index is 0.00000320. The molecule has 1 aliphatic rings. The van der Waals surface area contributed by atoms with Gasteiger partial charge in [0.2, 0.25) is 0 Å². The summed E-state index contributed by atoms with van der Waals surface area (Å²) < 4.78 is 4.92. The standard InChI is InChI=1S/C21H30N6O2.HI/c1-4-22-21(23-15-17-5-7-18(8-6-17)20(28)25(2)3)27-12-10-26(11-13-27)16-19-9-14-29-24-19;/h5-9,14H,4,10-13,15-16H2,1-3H3,(H,22,23);1H. The number of rotatable bonds is 6. The maximum Gasteiger partial charge on any atom is 0.253 e. The summed E-state index contributed by atoms with van der Waals surface area (Å²) in [6.45, 7) is 8.05. The summed E-state index contributed by atoms with van der Waals surface area (Å²) in [6.07, 6.45) is 1.62. The number of amides is 1. The summed E-state index contributed by atoms with van der Waals surface area (Å²) in [5.74, 6) is 0.943. The normalized spacial score (nSPS) is 14.9. The number of aliphatic imine (C=N–C) groups is 1. The molecule has 0 unspecified atom stereocenters. The first-order valence-electron chi connectivity index (χ1n) is 10.0. The number of guanidine groups is 1. The molecule has 30 heavy (non-hydrogen) atoms. The van der Waals surface area contributed by atoms with E-state index in [9.17, 15) is 4.79 Å². The van der Waals surface area contributed by atoms with Gasteiger partial charge in [-0.25, -0.2) is 4.99 Å². The fourth-order valence-corrected chi connectivity index (χ4v) is 3.27. The van der Waals surface area contributed by atoms with E-state index in [1.807, 2.05) is 30.3 Å². The minimum atomic E-state index is 0. The third-order valence-corrected chi connectivity index (χ3v) is 4.90. The van der Waals surface area contributed by atoms with E-state index >= 15 is 0 Å². The highest BCUT2D eigenvalue weighted by Gasteiger charge is 2.20. The van der Waals surface area contributed by atoms with Crippen molar-refractivity contribution in [2.75, 3.05) is 46.8 Å². The molecule has 8 nitrogen and oxygen atoms in total. The van der Waals surface area contributed by atoms with Gasteiger partial charge in [0.15, 0.2) is 5.96 Å². The molecule has 164 valence electrons. The number of nitrogens with zero attached hydrogens (tertiary/aromatic N) is 5. The largest absolute Gasteiger partial charge is 0.364 e. The Bertz CT molecular complexity index is 799. The predicted octanol–water partition coefficient (Wildman–Crippen LogP) is 2.28. The molecule has 1 aromatic carbocycles. The van der Waals surface area contributed by atoms with Crippen molar-refractivity contribution < 1.29 is 9.32 Å². The number of hydrogen-bond acceptors (Lipinski definition) is 5. The molecule has 0 aliphatic carbocycles. The van der Waals surface area contributed by atoms with Crippen LogP contribution in [0.2, 0.25) is 0 Å². The molecule has 1 saturated heterocycles. The molecule has 0 bridgehead atoms. The van der Waals surface area contributed by atoms with Crippen molar-refractivity contribution in [2.45, 2.75) is 20.0 Å². The number of carbonyl (C=O) groups excluding carboxylic acids is 1. The summed E-state index contributed by atoms with van der Waals surface area (Å²) in [7, 11) is 3.52. The Morgan fingerprint density at radius 2 is 1.87 bits per heavy atom. The van der Waals surface area contributed by atoms with Crippen LogP contribution in [0.3, 0.4) is 0 Å². The minimum Gasteiger partial charge on any atom is -0.364 e. The van der Waals surface area contributed by atoms with Crippen molar-refractivity contribution in [1.82, 2.24) is 25.2 Å². The first-order chi connectivity index (χ1) is 14.1. The van der Waals surface area contributed by atoms with Gasteiger partial charge in [0, 0.05) is 65.0 Å². The Morgan fingerprint density at radius 3 is 2.43 bits per heavy atom. The van der Waals surface area contributed by atoms with E-state index in [-0.39, 0.29) is 29.9 Å². The van der Waals surface area contributed by atoms with E-state index in [1.54, 1.807) is 25.3 Å². The van der Waals surface area contributed by atoms with Crippen LogP contribution in [0.25, 0.3) is 0 Å². The summed E-state index contributed by atoms with van der Waals surface area (Å²) >= 11 is 0. The Labute approximate surface area is 195 Å². The third-order valence-electron chi connectivity index (χ3n) is 4.90. The molecule has 2 heterocycles. The van der Waals surface area contributed by atoms with Gasteiger partial charge >= 0.3 is 0 Å². The van der Waals surface area contributed by atoms with Gasteiger partial charge in [0.05, 0.1) is 12.2 Å². The SMILES string of the molecule is CCNC(=NCc1ccc(C(=O)N(C)C)cc1)N1CCN(Cc2ccon2)CC1.I. The second-order valence-corrected chi connectivity index (χ2v) is 7.32. The molecule has 0 saturated carbocycles. The van der Waals surface area contributed by atoms with Crippen molar-refractivity contribution in [3.8, 4) is 0 Å². The zero-order valence-electron chi connectivity index (χ0n) is 17.9. The average molecular weight is 526 g/mol. The van der Waals surface area contributed by atoms with Gasteiger partial charge < -0.3 is 19.6 Å². The minimum absolute atomic E-state index is 0. The maximum absolute atomic E-state index is 12.0. The first kappa shape index (κ1) is 24.1. The zero-order chi connectivity index (χ0) is 20.6. The molecule has 3 rings (SSSR count). The van der Waals surface area contributed by atoms with E-state index in [1.165, 1.54) is 0 Å². The molecule has 1 aromatic heterocycles. The summed E-state index contributed by atoms with van der Waals surface area (Å²) in [4.78, 5) is 23.1. The number of nitrogens with one attached hydrogen (secondary N) is 1. The van der Waals surface area contributed by atoms with Crippen molar-refractivity contribution in [2.24, 2.45) is 4.99 Å². The van der Waals surface area contributed by atoms with Crippen LogP contribution in [0, 0.1) is 0 Å². The number of halogens is 1. The third kappa shape index (κ3) is 6.69. The molecule has 2 aromatic rings. The molecule has 0 atom stereocenters. The molecule has 1 aliphatic heterocycles. The number of piperazine rings is 1. The highest BCUT2D eigenvalue weighted by Crippen LogP contribution is 2.10. The fraction of sp³-hybridized carbons (Fsp3) is 0.476. The molecule has 1 fully saturated rings. The van der Waals surface area contributed by atoms with Crippen LogP contribution in [-0.2, 0) is 13.1 Å². The lowest BCUT2D eigenvalue weighted by atomic mass is 10.1. The van der Waals surface area contributed by atoms with Gasteiger partial charge in [-0.2, -0.15) is 0 Å². The lowest BCUT2D eigenvalue weighted by Gasteiger charge is -2.36. The van der Waals surface area contributed by atoms with E-state index in [0.717, 1.165) is 56.5 Å². The number of aromatic nitrogens is 1. The van der Waals surface area contributed by atoms with Gasteiger partial charge in [-0.05, 0) is 24.6 Å². The summed E-state index contributed by atoms with van der Waals surface area (Å²) in [5, 5.41) is 7.39. The molecular weight excluding hydrogens is 495 g/mol. The van der Waals surface area contributed by atoms with Crippen molar-refractivity contribution in [3.05, 3.63) is 53.4 Å². The van der Waals surface area contributed by atoms with Crippen molar-refractivity contribution >= 4 is 35.8 Å². The van der Waals surface area contributed by atoms with Gasteiger partial charge in [-0.1, -0.05) is 17.3 Å². The maximum atomic E-state index is 12.0. The second kappa shape index (κ2) is 11.9. The highest BCUT2D eigenvalue weighted by molar-refractivity contribution is 14.0.